The van der Waals surface area contributed by atoms with Crippen molar-refractivity contribution in [1.82, 2.24) is 14.7 Å². The number of hydrogen-bond acceptors (Lipinski definition) is 5. The lowest BCUT2D eigenvalue weighted by Gasteiger charge is -2.14. The number of nitrogens with one attached hydrogen (secondary N) is 2. The van der Waals surface area contributed by atoms with E-state index in [4.69, 9.17) is 5.11 Å². The zero-order chi connectivity index (χ0) is 14.8. The Morgan fingerprint density at radius 3 is 2.85 bits per heavy atom. The van der Waals surface area contributed by atoms with Crippen molar-refractivity contribution in [2.75, 3.05) is 0 Å². The van der Waals surface area contributed by atoms with E-state index in [0.717, 1.165) is 0 Å². The maximum absolute atomic E-state index is 12.4. The molecule has 0 aliphatic heterocycles. The van der Waals surface area contributed by atoms with Crippen molar-refractivity contribution in [1.29, 1.82) is 0 Å². The monoisotopic (exact) mass is 379 g/mol. The van der Waals surface area contributed by atoms with Gasteiger partial charge in [0, 0.05) is 17.3 Å². The van der Waals surface area contributed by atoms with Gasteiger partial charge in [-0.3, -0.25) is 0 Å². The third kappa shape index (κ3) is 3.29. The predicted octanol–water partition coefficient (Wildman–Crippen LogP) is 2.16. The maximum atomic E-state index is 12.4. The van der Waals surface area contributed by atoms with E-state index in [1.165, 1.54) is 17.4 Å². The van der Waals surface area contributed by atoms with Gasteiger partial charge in [-0.2, -0.15) is 0 Å². The van der Waals surface area contributed by atoms with E-state index in [0.29, 0.717) is 20.9 Å². The number of hydrogen-bond donors (Lipinski definition) is 3. The van der Waals surface area contributed by atoms with Crippen LogP contribution in [0.1, 0.15) is 30.1 Å². The van der Waals surface area contributed by atoms with Gasteiger partial charge in [0.25, 0.3) is 0 Å². The van der Waals surface area contributed by atoms with Crippen LogP contribution in [-0.4, -0.2) is 23.5 Å². The topological polar surface area (TPSA) is 95.1 Å². The minimum Gasteiger partial charge on any atom is -0.391 e. The molecule has 0 saturated carbocycles. The zero-order valence-corrected chi connectivity index (χ0v) is 13.8. The molecule has 0 aliphatic rings. The zero-order valence-electron chi connectivity index (χ0n) is 10.6. The summed E-state index contributed by atoms with van der Waals surface area (Å²) in [6, 6.07) is 1.05. The average molecular weight is 380 g/mol. The quantitative estimate of drug-likeness (QED) is 0.716. The third-order valence-corrected chi connectivity index (χ3v) is 6.42. The van der Waals surface area contributed by atoms with Gasteiger partial charge in [0.2, 0.25) is 10.0 Å². The van der Waals surface area contributed by atoms with E-state index in [9.17, 15) is 8.42 Å². The summed E-state index contributed by atoms with van der Waals surface area (Å²) in [6.07, 6.45) is 3.80. The molecule has 0 bridgehead atoms. The Labute approximate surface area is 129 Å². The fourth-order valence-corrected chi connectivity index (χ4v) is 5.54. The van der Waals surface area contributed by atoms with Gasteiger partial charge >= 0.3 is 0 Å². The van der Waals surface area contributed by atoms with Crippen LogP contribution in [0, 0.1) is 0 Å². The summed E-state index contributed by atoms with van der Waals surface area (Å²) in [5.74, 6) is 0.574. The molecule has 6 nitrogen and oxygen atoms in total. The molecule has 1 atom stereocenters. The number of H-pyrrole nitrogens is 1. The molecule has 3 N–H and O–H groups in total. The molecule has 2 aromatic heterocycles. The first-order valence-corrected chi connectivity index (χ1v) is 8.98. The highest BCUT2D eigenvalue weighted by Crippen LogP contribution is 2.32. The molecule has 2 rings (SSSR count). The van der Waals surface area contributed by atoms with Crippen molar-refractivity contribution in [3.8, 4) is 0 Å². The minimum absolute atomic E-state index is 0.136. The maximum Gasteiger partial charge on any atom is 0.243 e. The van der Waals surface area contributed by atoms with Gasteiger partial charge in [-0.1, -0.05) is 6.92 Å². The van der Waals surface area contributed by atoms with Crippen molar-refractivity contribution in [3.05, 3.63) is 32.9 Å². The molecule has 110 valence electrons. The van der Waals surface area contributed by atoms with Gasteiger partial charge in [0.15, 0.2) is 0 Å². The standard InChI is InChI=1S/C11H14BrN3O3S2/c1-2-8(11-13-3-4-14-11)15-20(17,18)9-5-7(6-16)19-10(9)12/h3-5,8,15-16H,2,6H2,1H3,(H,13,14). The SMILES string of the molecule is CCC(NS(=O)(=O)c1cc(CO)sc1Br)c1ncc[nH]1. The molecular formula is C11H14BrN3O3S2. The van der Waals surface area contributed by atoms with Crippen LogP contribution in [0.2, 0.25) is 0 Å². The van der Waals surface area contributed by atoms with Crippen LogP contribution in [0.5, 0.6) is 0 Å². The summed E-state index contributed by atoms with van der Waals surface area (Å²) in [5.41, 5.74) is 0. The van der Waals surface area contributed by atoms with Gasteiger partial charge < -0.3 is 10.1 Å². The normalized spacial score (nSPS) is 13.6. The Balaban J connectivity index is 2.28. The first kappa shape index (κ1) is 15.6. The van der Waals surface area contributed by atoms with Crippen LogP contribution in [0.4, 0.5) is 0 Å². The highest BCUT2D eigenvalue weighted by Gasteiger charge is 2.25. The summed E-state index contributed by atoms with van der Waals surface area (Å²) in [4.78, 5) is 7.71. The van der Waals surface area contributed by atoms with Crippen LogP contribution < -0.4 is 4.72 Å². The molecule has 0 radical (unpaired) electrons. The van der Waals surface area contributed by atoms with Crippen LogP contribution >= 0.6 is 27.3 Å². The van der Waals surface area contributed by atoms with Crippen molar-refractivity contribution in [3.63, 3.8) is 0 Å². The molecule has 0 saturated heterocycles. The van der Waals surface area contributed by atoms with Crippen molar-refractivity contribution >= 4 is 37.3 Å². The molecule has 20 heavy (non-hydrogen) atoms. The summed E-state index contributed by atoms with van der Waals surface area (Å²) in [6.45, 7) is 1.69. The lowest BCUT2D eigenvalue weighted by molar-refractivity contribution is 0.285. The number of rotatable bonds is 6. The molecule has 9 heteroatoms. The number of aromatic amines is 1. The average Bonchev–Trinajstić information content (AvgIpc) is 3.05. The Morgan fingerprint density at radius 2 is 2.35 bits per heavy atom. The van der Waals surface area contributed by atoms with Gasteiger partial charge in [-0.15, -0.1) is 11.3 Å². The van der Waals surface area contributed by atoms with E-state index >= 15 is 0 Å². The number of aliphatic hydroxyl groups excluding tert-OH is 1. The highest BCUT2D eigenvalue weighted by molar-refractivity contribution is 9.11. The minimum atomic E-state index is -3.68. The molecule has 1 unspecified atom stereocenters. The molecule has 0 amide bonds. The van der Waals surface area contributed by atoms with Crippen molar-refractivity contribution in [2.45, 2.75) is 30.9 Å². The van der Waals surface area contributed by atoms with Gasteiger partial charge in [0.05, 0.1) is 16.4 Å². The Hall–Kier alpha value is -0.740. The van der Waals surface area contributed by atoms with Crippen LogP contribution in [0.25, 0.3) is 0 Å². The van der Waals surface area contributed by atoms with E-state index in [2.05, 4.69) is 30.6 Å². The number of aromatic nitrogens is 2. The number of halogens is 1. The predicted molar refractivity (Wildman–Crippen MR) is 79.9 cm³/mol. The number of thiophene rings is 1. The van der Waals surface area contributed by atoms with Crippen molar-refractivity contribution < 1.29 is 13.5 Å². The van der Waals surface area contributed by atoms with Crippen LogP contribution in [0.15, 0.2) is 27.1 Å². The van der Waals surface area contributed by atoms with E-state index in [-0.39, 0.29) is 11.5 Å². The lowest BCUT2D eigenvalue weighted by Crippen LogP contribution is -2.29. The second kappa shape index (κ2) is 6.35. The van der Waals surface area contributed by atoms with Crippen molar-refractivity contribution in [2.24, 2.45) is 0 Å². The molecular weight excluding hydrogens is 366 g/mol. The second-order valence-electron chi connectivity index (χ2n) is 4.07. The Morgan fingerprint density at radius 1 is 1.60 bits per heavy atom. The highest BCUT2D eigenvalue weighted by atomic mass is 79.9. The Kier molecular flexibility index (Phi) is 4.97. The van der Waals surface area contributed by atoms with E-state index in [1.807, 2.05) is 6.92 Å². The van der Waals surface area contributed by atoms with E-state index in [1.54, 1.807) is 12.4 Å². The fraction of sp³-hybridized carbons (Fsp3) is 0.364. The first-order valence-electron chi connectivity index (χ1n) is 5.88. The van der Waals surface area contributed by atoms with E-state index < -0.39 is 16.1 Å². The third-order valence-electron chi connectivity index (χ3n) is 2.71. The van der Waals surface area contributed by atoms with Crippen LogP contribution in [0.3, 0.4) is 0 Å². The first-order chi connectivity index (χ1) is 9.47. The second-order valence-corrected chi connectivity index (χ2v) is 8.20. The summed E-state index contributed by atoms with van der Waals surface area (Å²) < 4.78 is 27.9. The van der Waals surface area contributed by atoms with Gasteiger partial charge in [0.1, 0.15) is 10.7 Å². The largest absolute Gasteiger partial charge is 0.391 e. The molecule has 0 aromatic carbocycles. The molecule has 2 heterocycles. The van der Waals surface area contributed by atoms with Gasteiger partial charge in [-0.25, -0.2) is 18.1 Å². The molecule has 2 aromatic rings. The summed E-state index contributed by atoms with van der Waals surface area (Å²) in [7, 11) is -3.68. The van der Waals surface area contributed by atoms with Gasteiger partial charge in [-0.05, 0) is 28.4 Å². The van der Waals surface area contributed by atoms with Crippen LogP contribution in [-0.2, 0) is 16.6 Å². The number of nitrogens with zero attached hydrogens (tertiary/aromatic N) is 1. The fourth-order valence-electron chi connectivity index (χ4n) is 1.71. The number of sulfonamides is 1. The number of imidazole rings is 1. The Bertz CT molecular complexity index is 667. The molecule has 0 spiro atoms. The molecule has 0 fully saturated rings. The summed E-state index contributed by atoms with van der Waals surface area (Å²) >= 11 is 4.42. The molecule has 0 aliphatic carbocycles. The summed E-state index contributed by atoms with van der Waals surface area (Å²) in [5, 5.41) is 9.08. The lowest BCUT2D eigenvalue weighted by atomic mass is 10.2. The smallest absolute Gasteiger partial charge is 0.243 e. The number of aliphatic hydroxyl groups is 1.